The molecule has 0 aliphatic carbocycles. The van der Waals surface area contributed by atoms with Crippen molar-refractivity contribution < 1.29 is 17.2 Å². The van der Waals surface area contributed by atoms with E-state index >= 15 is 0 Å². The van der Waals surface area contributed by atoms with E-state index in [9.17, 15) is 17.2 Å². The van der Waals surface area contributed by atoms with Crippen LogP contribution in [0.4, 0.5) is 8.78 Å². The zero-order valence-electron chi connectivity index (χ0n) is 7.36. The first kappa shape index (κ1) is 12.7. The van der Waals surface area contributed by atoms with Crippen LogP contribution in [0, 0.1) is 0 Å². The Morgan fingerprint density at radius 1 is 1.33 bits per heavy atom. The van der Waals surface area contributed by atoms with E-state index < -0.39 is 20.6 Å². The number of hydrogen-bond acceptors (Lipinski definition) is 3. The van der Waals surface area contributed by atoms with Crippen LogP contribution in [0.2, 0.25) is 0 Å². The summed E-state index contributed by atoms with van der Waals surface area (Å²) in [5.74, 6) is -3.02. The van der Waals surface area contributed by atoms with Crippen molar-refractivity contribution in [3.8, 4) is 0 Å². The third kappa shape index (κ3) is 4.81. The summed E-state index contributed by atoms with van der Waals surface area (Å²) in [5, 5.41) is 0. The molecule has 84 valence electrons. The number of hydrogen-bond donors (Lipinski definition) is 0. The van der Waals surface area contributed by atoms with Crippen molar-refractivity contribution in [2.75, 3.05) is 0 Å². The normalized spacial score (nSPS) is 12.0. The summed E-state index contributed by atoms with van der Waals surface area (Å²) in [6.45, 7) is 0. The molecular formula is C8H7ClF2O2S2. The van der Waals surface area contributed by atoms with E-state index in [0.717, 1.165) is 0 Å². The number of thioether (sulfide) groups is 1. The Hall–Kier alpha value is -0.330. The fourth-order valence-corrected chi connectivity index (χ4v) is 2.73. The number of rotatable bonds is 4. The summed E-state index contributed by atoms with van der Waals surface area (Å²) in [5.41, 5.74) is 0.290. The largest absolute Gasteiger partial charge is 0.288 e. The van der Waals surface area contributed by atoms with Crippen LogP contribution in [-0.4, -0.2) is 14.2 Å². The first-order chi connectivity index (χ1) is 6.88. The van der Waals surface area contributed by atoms with Crippen LogP contribution in [0.25, 0.3) is 0 Å². The molecule has 0 aromatic heterocycles. The Morgan fingerprint density at radius 2 is 1.93 bits per heavy atom. The van der Waals surface area contributed by atoms with Gasteiger partial charge in [-0.25, -0.2) is 8.42 Å². The lowest BCUT2D eigenvalue weighted by Gasteiger charge is -2.06. The Kier molecular flexibility index (Phi) is 4.36. The summed E-state index contributed by atoms with van der Waals surface area (Å²) < 4.78 is 45.8. The van der Waals surface area contributed by atoms with Gasteiger partial charge in [-0.1, -0.05) is 30.0 Å². The molecular weight excluding hydrogens is 266 g/mol. The highest BCUT2D eigenvalue weighted by molar-refractivity contribution is 8.13. The fraction of sp³-hybridized carbons (Fsp3) is 0.250. The van der Waals surface area contributed by atoms with Gasteiger partial charge in [0.25, 0.3) is 5.76 Å². The van der Waals surface area contributed by atoms with E-state index in [4.69, 9.17) is 10.7 Å². The van der Waals surface area contributed by atoms with Crippen LogP contribution in [0.1, 0.15) is 5.56 Å². The van der Waals surface area contributed by atoms with Crippen molar-refractivity contribution in [3.63, 3.8) is 0 Å². The molecule has 1 aromatic carbocycles. The molecule has 0 radical (unpaired) electrons. The van der Waals surface area contributed by atoms with Crippen molar-refractivity contribution in [1.82, 2.24) is 0 Å². The first-order valence-corrected chi connectivity index (χ1v) is 7.19. The molecule has 0 atom stereocenters. The van der Waals surface area contributed by atoms with Crippen molar-refractivity contribution >= 4 is 31.5 Å². The lowest BCUT2D eigenvalue weighted by Crippen LogP contribution is -1.97. The third-order valence-electron chi connectivity index (χ3n) is 1.52. The highest BCUT2D eigenvalue weighted by Crippen LogP contribution is 2.29. The van der Waals surface area contributed by atoms with Crippen LogP contribution >= 0.6 is 22.4 Å². The molecule has 0 spiro atoms. The molecule has 1 aromatic rings. The molecule has 2 nitrogen and oxygen atoms in total. The molecule has 0 saturated heterocycles. The maximum atomic E-state index is 12.1. The van der Waals surface area contributed by atoms with Crippen LogP contribution in [-0.2, 0) is 14.8 Å². The van der Waals surface area contributed by atoms with Crippen molar-refractivity contribution in [2.45, 2.75) is 16.4 Å². The van der Waals surface area contributed by atoms with Crippen molar-refractivity contribution in [2.24, 2.45) is 0 Å². The summed E-state index contributed by atoms with van der Waals surface area (Å²) in [7, 11) is 1.33. The average Bonchev–Trinajstić information content (AvgIpc) is 2.05. The van der Waals surface area contributed by atoms with E-state index in [0.29, 0.717) is 11.8 Å². The lowest BCUT2D eigenvalue weighted by atomic mass is 10.2. The van der Waals surface area contributed by atoms with Gasteiger partial charge in [0.1, 0.15) is 0 Å². The van der Waals surface area contributed by atoms with Gasteiger partial charge in [0.05, 0.1) is 5.75 Å². The van der Waals surface area contributed by atoms with Crippen LogP contribution in [0.5, 0.6) is 0 Å². The van der Waals surface area contributed by atoms with Crippen molar-refractivity contribution in [3.05, 3.63) is 29.8 Å². The van der Waals surface area contributed by atoms with E-state index in [-0.39, 0.29) is 10.5 Å². The highest BCUT2D eigenvalue weighted by Gasteiger charge is 2.14. The lowest BCUT2D eigenvalue weighted by molar-refractivity contribution is 0.252. The Morgan fingerprint density at radius 3 is 2.47 bits per heavy atom. The van der Waals surface area contributed by atoms with E-state index in [1.54, 1.807) is 12.1 Å². The minimum atomic E-state index is -3.72. The quantitative estimate of drug-likeness (QED) is 0.624. The average molecular weight is 273 g/mol. The Labute approximate surface area is 95.0 Å². The van der Waals surface area contributed by atoms with Gasteiger partial charge in [-0.2, -0.15) is 8.78 Å². The topological polar surface area (TPSA) is 34.1 Å². The van der Waals surface area contributed by atoms with Gasteiger partial charge in [0.2, 0.25) is 9.05 Å². The standard InChI is InChI=1S/C8H7ClF2O2S2/c9-15(12,13)5-6-3-1-2-4-7(6)14-8(10)11/h1-4,8H,5H2. The molecule has 0 heterocycles. The van der Waals surface area contributed by atoms with Gasteiger partial charge in [-0.3, -0.25) is 0 Å². The molecule has 7 heteroatoms. The summed E-state index contributed by atoms with van der Waals surface area (Å²) >= 11 is 0.309. The van der Waals surface area contributed by atoms with Crippen molar-refractivity contribution in [1.29, 1.82) is 0 Å². The maximum Gasteiger partial charge on any atom is 0.288 e. The second-order valence-electron chi connectivity index (χ2n) is 2.67. The number of benzene rings is 1. The zero-order valence-corrected chi connectivity index (χ0v) is 9.75. The zero-order chi connectivity index (χ0) is 11.5. The molecule has 0 bridgehead atoms. The summed E-state index contributed by atoms with van der Waals surface area (Å²) in [6, 6.07) is 6.04. The predicted molar refractivity (Wildman–Crippen MR) is 56.8 cm³/mol. The molecule has 15 heavy (non-hydrogen) atoms. The minimum absolute atomic E-state index is 0.233. The maximum absolute atomic E-state index is 12.1. The second kappa shape index (κ2) is 5.14. The van der Waals surface area contributed by atoms with Gasteiger partial charge in [0.15, 0.2) is 0 Å². The Bertz CT molecular complexity index is 434. The van der Waals surface area contributed by atoms with Gasteiger partial charge in [-0.15, -0.1) is 0 Å². The number of halogens is 3. The van der Waals surface area contributed by atoms with Gasteiger partial charge >= 0.3 is 0 Å². The van der Waals surface area contributed by atoms with Gasteiger partial charge in [0, 0.05) is 15.6 Å². The second-order valence-corrected chi connectivity index (χ2v) is 6.48. The molecule has 0 N–H and O–H groups in total. The van der Waals surface area contributed by atoms with Crippen LogP contribution in [0.3, 0.4) is 0 Å². The fourth-order valence-electron chi connectivity index (χ4n) is 1.02. The monoisotopic (exact) mass is 272 g/mol. The molecule has 0 fully saturated rings. The van der Waals surface area contributed by atoms with E-state index in [1.807, 2.05) is 0 Å². The Balaban J connectivity index is 2.96. The molecule has 1 rings (SSSR count). The van der Waals surface area contributed by atoms with Gasteiger partial charge in [-0.05, 0) is 11.6 Å². The summed E-state index contributed by atoms with van der Waals surface area (Å²) in [6.07, 6.45) is 0. The molecule has 0 saturated carbocycles. The van der Waals surface area contributed by atoms with E-state index in [2.05, 4.69) is 0 Å². The molecule has 0 aliphatic heterocycles. The van der Waals surface area contributed by atoms with Gasteiger partial charge < -0.3 is 0 Å². The van der Waals surface area contributed by atoms with Crippen LogP contribution < -0.4 is 0 Å². The predicted octanol–water partition coefficient (Wildman–Crippen LogP) is 3.07. The SMILES string of the molecule is O=S(=O)(Cl)Cc1ccccc1SC(F)F. The minimum Gasteiger partial charge on any atom is -0.212 e. The molecule has 0 amide bonds. The molecule has 0 unspecified atom stereocenters. The van der Waals surface area contributed by atoms with Crippen LogP contribution in [0.15, 0.2) is 29.2 Å². The van der Waals surface area contributed by atoms with E-state index in [1.165, 1.54) is 12.1 Å². The summed E-state index contributed by atoms with van der Waals surface area (Å²) in [4.78, 5) is 0.233. The molecule has 0 aliphatic rings. The number of alkyl halides is 2. The highest BCUT2D eigenvalue weighted by atomic mass is 35.7. The first-order valence-electron chi connectivity index (χ1n) is 3.83. The third-order valence-corrected chi connectivity index (χ3v) is 3.33. The smallest absolute Gasteiger partial charge is 0.212 e.